The van der Waals surface area contributed by atoms with E-state index < -0.39 is 11.7 Å². The largest absolute Gasteiger partial charge is 0.471 e. The molecule has 1 saturated heterocycles. The average molecular weight is 245 g/mol. The van der Waals surface area contributed by atoms with Crippen molar-refractivity contribution in [2.75, 3.05) is 13.7 Å². The summed E-state index contributed by atoms with van der Waals surface area (Å²) in [5.74, 6) is -0.130. The van der Waals surface area contributed by atoms with Crippen molar-refractivity contribution in [2.45, 2.75) is 39.2 Å². The van der Waals surface area contributed by atoms with Crippen LogP contribution in [-0.4, -0.2) is 42.6 Å². The molecule has 0 N–H and O–H groups in total. The molecule has 1 aliphatic heterocycles. The molecule has 0 aromatic rings. The molecule has 6 nitrogen and oxygen atoms in total. The number of hydrogen-bond donors (Lipinski definition) is 0. The first-order valence-corrected chi connectivity index (χ1v) is 5.31. The Morgan fingerprint density at radius 3 is 2.24 bits per heavy atom. The van der Waals surface area contributed by atoms with Crippen molar-refractivity contribution in [3.63, 3.8) is 0 Å². The molecule has 1 aliphatic rings. The number of nitrogens with zero attached hydrogens (tertiary/aromatic N) is 1. The van der Waals surface area contributed by atoms with Crippen LogP contribution in [-0.2, 0) is 19.1 Å². The van der Waals surface area contributed by atoms with Gasteiger partial charge in [0, 0.05) is 13.0 Å². The first kappa shape index (κ1) is 15.4. The van der Waals surface area contributed by atoms with Gasteiger partial charge in [0.2, 0.25) is 5.91 Å². The molecule has 0 bridgehead atoms. The number of methoxy groups -OCH3 is 1. The molecule has 0 aromatic heterocycles. The molecule has 0 radical (unpaired) electrons. The molecule has 0 atom stereocenters. The SMILES string of the molecule is CC(C)(C)OC(=O)N1CCCC1=O.COC=O. The summed E-state index contributed by atoms with van der Waals surface area (Å²) in [5.41, 5.74) is -0.528. The van der Waals surface area contributed by atoms with Gasteiger partial charge in [0.25, 0.3) is 6.47 Å². The van der Waals surface area contributed by atoms with Crippen LogP contribution >= 0.6 is 0 Å². The molecule has 0 aromatic carbocycles. The number of carbonyl (C=O) groups excluding carboxylic acids is 3. The van der Waals surface area contributed by atoms with E-state index in [-0.39, 0.29) is 5.91 Å². The number of likely N-dealkylation sites (tertiary alicyclic amines) is 1. The zero-order valence-corrected chi connectivity index (χ0v) is 10.7. The van der Waals surface area contributed by atoms with Gasteiger partial charge in [-0.2, -0.15) is 0 Å². The predicted molar refractivity (Wildman–Crippen MR) is 60.3 cm³/mol. The van der Waals surface area contributed by atoms with E-state index in [1.165, 1.54) is 12.0 Å². The maximum atomic E-state index is 11.4. The monoisotopic (exact) mass is 245 g/mol. The summed E-state index contributed by atoms with van der Waals surface area (Å²) in [6.07, 6.45) is 0.687. The van der Waals surface area contributed by atoms with Gasteiger partial charge in [-0.25, -0.2) is 9.69 Å². The average Bonchev–Trinajstić information content (AvgIpc) is 2.62. The van der Waals surface area contributed by atoms with Gasteiger partial charge in [0.05, 0.1) is 7.11 Å². The summed E-state index contributed by atoms with van der Waals surface area (Å²) in [7, 11) is 1.31. The van der Waals surface area contributed by atoms with E-state index in [1.54, 1.807) is 20.8 Å². The minimum Gasteiger partial charge on any atom is -0.471 e. The maximum absolute atomic E-state index is 11.4. The van der Waals surface area contributed by atoms with Crippen LogP contribution in [0.3, 0.4) is 0 Å². The minimum atomic E-state index is -0.528. The van der Waals surface area contributed by atoms with Crippen LogP contribution in [0.5, 0.6) is 0 Å². The van der Waals surface area contributed by atoms with Crippen molar-refractivity contribution in [2.24, 2.45) is 0 Å². The number of imide groups is 1. The highest BCUT2D eigenvalue weighted by atomic mass is 16.6. The number of carbonyl (C=O) groups is 3. The Bertz CT molecular complexity index is 282. The molecule has 0 spiro atoms. The van der Waals surface area contributed by atoms with Crippen molar-refractivity contribution in [1.82, 2.24) is 4.90 Å². The third kappa shape index (κ3) is 6.55. The summed E-state index contributed by atoms with van der Waals surface area (Å²) in [6, 6.07) is 0. The lowest BCUT2D eigenvalue weighted by Crippen LogP contribution is -2.37. The van der Waals surface area contributed by atoms with E-state index in [0.29, 0.717) is 19.4 Å². The van der Waals surface area contributed by atoms with Crippen LogP contribution in [0.25, 0.3) is 0 Å². The third-order valence-electron chi connectivity index (χ3n) is 1.78. The Kier molecular flexibility index (Phi) is 6.23. The van der Waals surface area contributed by atoms with Crippen LogP contribution in [0.1, 0.15) is 33.6 Å². The molecular weight excluding hydrogens is 226 g/mol. The Balaban J connectivity index is 0.000000557. The van der Waals surface area contributed by atoms with Gasteiger partial charge in [0.1, 0.15) is 5.60 Å². The molecule has 17 heavy (non-hydrogen) atoms. The molecule has 1 heterocycles. The van der Waals surface area contributed by atoms with Crippen molar-refractivity contribution in [3.05, 3.63) is 0 Å². The smallest absolute Gasteiger partial charge is 0.417 e. The zero-order chi connectivity index (χ0) is 13.5. The second-order valence-electron chi connectivity index (χ2n) is 4.46. The summed E-state index contributed by atoms with van der Waals surface area (Å²) in [5, 5.41) is 0. The standard InChI is InChI=1S/C9H15NO3.C2H4O2/c1-9(2,3)13-8(12)10-6-4-5-7(10)11;1-4-2-3/h4-6H2,1-3H3;2H,1H3. The fourth-order valence-electron chi connectivity index (χ4n) is 1.16. The topological polar surface area (TPSA) is 72.9 Å². The van der Waals surface area contributed by atoms with Crippen LogP contribution in [0.15, 0.2) is 0 Å². The van der Waals surface area contributed by atoms with Gasteiger partial charge in [0.15, 0.2) is 0 Å². The van der Waals surface area contributed by atoms with Crippen molar-refractivity contribution < 1.29 is 23.9 Å². The van der Waals surface area contributed by atoms with Gasteiger partial charge >= 0.3 is 6.09 Å². The van der Waals surface area contributed by atoms with Crippen LogP contribution in [0.2, 0.25) is 0 Å². The van der Waals surface area contributed by atoms with E-state index >= 15 is 0 Å². The quantitative estimate of drug-likeness (QED) is 0.652. The highest BCUT2D eigenvalue weighted by Gasteiger charge is 2.30. The van der Waals surface area contributed by atoms with Gasteiger partial charge in [-0.15, -0.1) is 0 Å². The van der Waals surface area contributed by atoms with E-state index in [4.69, 9.17) is 9.53 Å². The summed E-state index contributed by atoms with van der Waals surface area (Å²) < 4.78 is 8.92. The van der Waals surface area contributed by atoms with Crippen molar-refractivity contribution >= 4 is 18.5 Å². The molecule has 6 heteroatoms. The van der Waals surface area contributed by atoms with E-state index in [9.17, 15) is 9.59 Å². The molecule has 98 valence electrons. The molecule has 1 rings (SSSR count). The summed E-state index contributed by atoms with van der Waals surface area (Å²) in [4.78, 5) is 32.6. The van der Waals surface area contributed by atoms with Gasteiger partial charge in [-0.3, -0.25) is 9.59 Å². The van der Waals surface area contributed by atoms with Gasteiger partial charge < -0.3 is 9.47 Å². The van der Waals surface area contributed by atoms with E-state index in [0.717, 1.165) is 6.42 Å². The summed E-state index contributed by atoms with van der Waals surface area (Å²) in [6.45, 7) is 6.22. The molecule has 2 amide bonds. The molecule has 0 saturated carbocycles. The van der Waals surface area contributed by atoms with Gasteiger partial charge in [-0.1, -0.05) is 0 Å². The molecule has 1 fully saturated rings. The lowest BCUT2D eigenvalue weighted by molar-refractivity contribution is -0.127. The second kappa shape index (κ2) is 6.88. The normalized spacial score (nSPS) is 14.8. The molecular formula is C11H19NO5. The Morgan fingerprint density at radius 2 is 1.94 bits per heavy atom. The Labute approximate surface area is 101 Å². The Morgan fingerprint density at radius 1 is 1.41 bits per heavy atom. The second-order valence-corrected chi connectivity index (χ2v) is 4.46. The fourth-order valence-corrected chi connectivity index (χ4v) is 1.16. The first-order valence-electron chi connectivity index (χ1n) is 5.31. The highest BCUT2D eigenvalue weighted by molar-refractivity contribution is 5.93. The predicted octanol–water partition coefficient (Wildman–Crippen LogP) is 1.33. The lowest BCUT2D eigenvalue weighted by atomic mass is 10.2. The van der Waals surface area contributed by atoms with Gasteiger partial charge in [-0.05, 0) is 27.2 Å². The van der Waals surface area contributed by atoms with Crippen LogP contribution < -0.4 is 0 Å². The number of amides is 2. The van der Waals surface area contributed by atoms with Crippen molar-refractivity contribution in [1.29, 1.82) is 0 Å². The lowest BCUT2D eigenvalue weighted by Gasteiger charge is -2.23. The van der Waals surface area contributed by atoms with Crippen LogP contribution in [0.4, 0.5) is 4.79 Å². The number of ether oxygens (including phenoxy) is 2. The minimum absolute atomic E-state index is 0.130. The Hall–Kier alpha value is -1.59. The zero-order valence-electron chi connectivity index (χ0n) is 10.7. The third-order valence-corrected chi connectivity index (χ3v) is 1.78. The van der Waals surface area contributed by atoms with E-state index in [1.807, 2.05) is 0 Å². The summed E-state index contributed by atoms with van der Waals surface area (Å²) >= 11 is 0. The molecule has 0 aliphatic carbocycles. The van der Waals surface area contributed by atoms with Crippen LogP contribution in [0, 0.1) is 0 Å². The van der Waals surface area contributed by atoms with Crippen molar-refractivity contribution in [3.8, 4) is 0 Å². The highest BCUT2D eigenvalue weighted by Crippen LogP contribution is 2.15. The maximum Gasteiger partial charge on any atom is 0.417 e. The number of hydrogen-bond acceptors (Lipinski definition) is 5. The van der Waals surface area contributed by atoms with E-state index in [2.05, 4.69) is 4.74 Å². The fraction of sp³-hybridized carbons (Fsp3) is 0.727. The number of rotatable bonds is 1. The first-order chi connectivity index (χ1) is 7.81. The molecule has 0 unspecified atom stereocenters.